The van der Waals surface area contributed by atoms with E-state index in [1.54, 1.807) is 13.1 Å². The number of thioether (sulfide) groups is 1. The molecule has 0 spiro atoms. The minimum Gasteiger partial charge on any atom is -0.335 e. The summed E-state index contributed by atoms with van der Waals surface area (Å²) in [4.78, 5) is 28.0. The van der Waals surface area contributed by atoms with Gasteiger partial charge in [0.05, 0.1) is 5.25 Å². The fourth-order valence-corrected chi connectivity index (χ4v) is 3.19. The smallest absolute Gasteiger partial charge is 0.321 e. The maximum Gasteiger partial charge on any atom is 0.321 e. The van der Waals surface area contributed by atoms with Crippen LogP contribution in [-0.2, 0) is 11.8 Å². The summed E-state index contributed by atoms with van der Waals surface area (Å²) >= 11 is 1.33. The summed E-state index contributed by atoms with van der Waals surface area (Å²) < 4.78 is 1.84. The number of imidazole rings is 1. The molecule has 1 heterocycles. The standard InChI is InChI=1S/C14H22N4O2S/c1-10(21-14-15-8-9-18(14)2)12(19)17-13(20)16-11-6-4-3-5-7-11/h8-11H,3-7H2,1-2H3,(H2,16,17,19,20)/t10-/m0/s1. The highest BCUT2D eigenvalue weighted by molar-refractivity contribution is 8.00. The third-order valence-corrected chi connectivity index (χ3v) is 4.78. The lowest BCUT2D eigenvalue weighted by Gasteiger charge is -2.23. The first kappa shape index (κ1) is 15.9. The zero-order valence-corrected chi connectivity index (χ0v) is 13.3. The molecule has 2 rings (SSSR count). The van der Waals surface area contributed by atoms with Crippen LogP contribution < -0.4 is 10.6 Å². The van der Waals surface area contributed by atoms with Gasteiger partial charge in [-0.1, -0.05) is 31.0 Å². The molecule has 0 unspecified atom stereocenters. The van der Waals surface area contributed by atoms with Crippen LogP contribution in [0.5, 0.6) is 0 Å². The Labute approximate surface area is 129 Å². The van der Waals surface area contributed by atoms with Gasteiger partial charge in [-0.05, 0) is 19.8 Å². The Bertz CT molecular complexity index is 497. The second kappa shape index (κ2) is 7.49. The number of imide groups is 1. The molecule has 0 saturated heterocycles. The molecule has 21 heavy (non-hydrogen) atoms. The van der Waals surface area contributed by atoms with Gasteiger partial charge in [-0.3, -0.25) is 10.1 Å². The summed E-state index contributed by atoms with van der Waals surface area (Å²) in [5, 5.41) is 5.67. The van der Waals surface area contributed by atoms with E-state index in [-0.39, 0.29) is 23.2 Å². The number of hydrogen-bond acceptors (Lipinski definition) is 4. The van der Waals surface area contributed by atoms with Crippen molar-refractivity contribution in [2.24, 2.45) is 7.05 Å². The number of rotatable bonds is 4. The predicted octanol–water partition coefficient (Wildman–Crippen LogP) is 2.06. The third kappa shape index (κ3) is 4.77. The van der Waals surface area contributed by atoms with Crippen molar-refractivity contribution in [2.75, 3.05) is 0 Å². The lowest BCUT2D eigenvalue weighted by molar-refractivity contribution is -0.119. The average molecular weight is 310 g/mol. The molecule has 1 atom stereocenters. The number of carbonyl (C=O) groups is 2. The van der Waals surface area contributed by atoms with Crippen molar-refractivity contribution in [3.8, 4) is 0 Å². The topological polar surface area (TPSA) is 76.0 Å². The SMILES string of the molecule is C[C@H](Sc1nccn1C)C(=O)NC(=O)NC1CCCCC1. The first-order valence-electron chi connectivity index (χ1n) is 7.31. The van der Waals surface area contributed by atoms with Gasteiger partial charge in [0, 0.05) is 25.5 Å². The number of aryl methyl sites for hydroxylation is 1. The van der Waals surface area contributed by atoms with E-state index in [1.165, 1.54) is 18.2 Å². The highest BCUT2D eigenvalue weighted by Crippen LogP contribution is 2.20. The Hall–Kier alpha value is -1.50. The zero-order valence-electron chi connectivity index (χ0n) is 12.5. The van der Waals surface area contributed by atoms with Crippen LogP contribution in [0.15, 0.2) is 17.6 Å². The third-order valence-electron chi connectivity index (χ3n) is 3.61. The Kier molecular flexibility index (Phi) is 5.67. The van der Waals surface area contributed by atoms with Gasteiger partial charge in [0.15, 0.2) is 5.16 Å². The number of carbonyl (C=O) groups excluding carboxylic acids is 2. The lowest BCUT2D eigenvalue weighted by atomic mass is 9.96. The molecule has 1 aliphatic rings. The van der Waals surface area contributed by atoms with E-state index in [2.05, 4.69) is 15.6 Å². The summed E-state index contributed by atoms with van der Waals surface area (Å²) in [6.45, 7) is 1.77. The van der Waals surface area contributed by atoms with E-state index < -0.39 is 0 Å². The van der Waals surface area contributed by atoms with Gasteiger partial charge in [0.25, 0.3) is 0 Å². The van der Waals surface area contributed by atoms with Crippen molar-refractivity contribution in [3.63, 3.8) is 0 Å². The number of amides is 3. The number of nitrogens with one attached hydrogen (secondary N) is 2. The van der Waals surface area contributed by atoms with E-state index in [4.69, 9.17) is 0 Å². The molecule has 0 aliphatic heterocycles. The van der Waals surface area contributed by atoms with Gasteiger partial charge in [0.1, 0.15) is 0 Å². The molecule has 1 saturated carbocycles. The van der Waals surface area contributed by atoms with Gasteiger partial charge in [-0.2, -0.15) is 0 Å². The molecule has 6 nitrogen and oxygen atoms in total. The van der Waals surface area contributed by atoms with E-state index in [9.17, 15) is 9.59 Å². The van der Waals surface area contributed by atoms with Crippen LogP contribution in [0.25, 0.3) is 0 Å². The summed E-state index contributed by atoms with van der Waals surface area (Å²) in [7, 11) is 1.87. The van der Waals surface area contributed by atoms with Gasteiger partial charge in [0.2, 0.25) is 5.91 Å². The molecule has 116 valence electrons. The molecule has 1 aliphatic carbocycles. The predicted molar refractivity (Wildman–Crippen MR) is 82.1 cm³/mol. The van der Waals surface area contributed by atoms with E-state index in [1.807, 2.05) is 17.8 Å². The Morgan fingerprint density at radius 1 is 1.38 bits per heavy atom. The molecule has 2 N–H and O–H groups in total. The van der Waals surface area contributed by atoms with Gasteiger partial charge < -0.3 is 9.88 Å². The minimum atomic E-state index is -0.390. The number of nitrogens with zero attached hydrogens (tertiary/aromatic N) is 2. The quantitative estimate of drug-likeness (QED) is 0.835. The number of urea groups is 1. The fourth-order valence-electron chi connectivity index (χ4n) is 2.36. The van der Waals surface area contributed by atoms with Crippen LogP contribution in [0, 0.1) is 0 Å². The maximum absolute atomic E-state index is 12.0. The van der Waals surface area contributed by atoms with Crippen molar-refractivity contribution in [1.29, 1.82) is 0 Å². The van der Waals surface area contributed by atoms with E-state index >= 15 is 0 Å². The molecule has 0 bridgehead atoms. The molecule has 1 aromatic heterocycles. The van der Waals surface area contributed by atoms with E-state index in [0.29, 0.717) is 0 Å². The first-order chi connectivity index (χ1) is 10.1. The summed E-state index contributed by atoms with van der Waals surface area (Å²) in [6.07, 6.45) is 9.02. The molecular formula is C14H22N4O2S. The van der Waals surface area contributed by atoms with Crippen LogP contribution in [0.3, 0.4) is 0 Å². The highest BCUT2D eigenvalue weighted by Gasteiger charge is 2.21. The molecule has 1 aromatic rings. The van der Waals surface area contributed by atoms with Crippen molar-refractivity contribution in [1.82, 2.24) is 20.2 Å². The Morgan fingerprint density at radius 2 is 2.10 bits per heavy atom. The van der Waals surface area contributed by atoms with Crippen LogP contribution >= 0.6 is 11.8 Å². The van der Waals surface area contributed by atoms with Crippen LogP contribution in [-0.4, -0.2) is 32.8 Å². The van der Waals surface area contributed by atoms with E-state index in [0.717, 1.165) is 30.8 Å². The van der Waals surface area contributed by atoms with Crippen molar-refractivity contribution in [3.05, 3.63) is 12.4 Å². The molecule has 1 fully saturated rings. The summed E-state index contributed by atoms with van der Waals surface area (Å²) in [5.41, 5.74) is 0. The highest BCUT2D eigenvalue weighted by atomic mass is 32.2. The second-order valence-corrected chi connectivity index (χ2v) is 6.69. The monoisotopic (exact) mass is 310 g/mol. The normalized spacial score (nSPS) is 17.2. The van der Waals surface area contributed by atoms with Crippen LogP contribution in [0.2, 0.25) is 0 Å². The van der Waals surface area contributed by atoms with Crippen molar-refractivity contribution in [2.45, 2.75) is 55.5 Å². The molecular weight excluding hydrogens is 288 g/mol. The van der Waals surface area contributed by atoms with Crippen LogP contribution in [0.1, 0.15) is 39.0 Å². The largest absolute Gasteiger partial charge is 0.335 e. The fraction of sp³-hybridized carbons (Fsp3) is 0.643. The maximum atomic E-state index is 12.0. The van der Waals surface area contributed by atoms with Crippen molar-refractivity contribution < 1.29 is 9.59 Å². The van der Waals surface area contributed by atoms with Crippen molar-refractivity contribution >= 4 is 23.7 Å². The molecule has 0 radical (unpaired) electrons. The Morgan fingerprint density at radius 3 is 2.71 bits per heavy atom. The summed E-state index contributed by atoms with van der Waals surface area (Å²) in [5.74, 6) is -0.295. The van der Waals surface area contributed by atoms with Gasteiger partial charge in [-0.25, -0.2) is 9.78 Å². The van der Waals surface area contributed by atoms with Gasteiger partial charge >= 0.3 is 6.03 Å². The van der Waals surface area contributed by atoms with Crippen LogP contribution in [0.4, 0.5) is 4.79 Å². The summed E-state index contributed by atoms with van der Waals surface area (Å²) in [6, 6.07) is -0.191. The minimum absolute atomic E-state index is 0.198. The molecule has 3 amide bonds. The molecule has 7 heteroatoms. The average Bonchev–Trinajstić information content (AvgIpc) is 2.85. The number of hydrogen-bond donors (Lipinski definition) is 2. The number of aromatic nitrogens is 2. The second-order valence-electron chi connectivity index (χ2n) is 5.38. The Balaban J connectivity index is 1.77. The lowest BCUT2D eigenvalue weighted by Crippen LogP contribution is -2.47. The van der Waals surface area contributed by atoms with Gasteiger partial charge in [-0.15, -0.1) is 0 Å². The first-order valence-corrected chi connectivity index (χ1v) is 8.19. The molecule has 0 aromatic carbocycles. The zero-order chi connectivity index (χ0) is 15.2.